The van der Waals surface area contributed by atoms with Crippen molar-refractivity contribution in [1.29, 1.82) is 0 Å². The third kappa shape index (κ3) is 2.49. The van der Waals surface area contributed by atoms with E-state index in [9.17, 15) is 13.6 Å². The molecule has 7 heteroatoms. The molecule has 0 aliphatic carbocycles. The van der Waals surface area contributed by atoms with E-state index in [0.29, 0.717) is 7.27 Å². The third-order valence-electron chi connectivity index (χ3n) is 1.43. The Bertz CT molecular complexity index is 384. The maximum absolute atomic E-state index is 12.5. The zero-order valence-electron chi connectivity index (χ0n) is 6.60. The number of hydrogen-bond donors (Lipinski definition) is 1. The summed E-state index contributed by atoms with van der Waals surface area (Å²) < 4.78 is 25.6. The predicted molar refractivity (Wildman–Crippen MR) is 63.1 cm³/mol. The van der Waals surface area contributed by atoms with E-state index >= 15 is 0 Å². The van der Waals surface area contributed by atoms with Crippen molar-refractivity contribution in [1.82, 2.24) is 4.98 Å². The van der Waals surface area contributed by atoms with Gasteiger partial charge in [0, 0.05) is 5.56 Å². The first-order valence-electron chi connectivity index (χ1n) is 3.37. The quantitative estimate of drug-likeness (QED) is 0.586. The lowest BCUT2D eigenvalue weighted by atomic mass is 10.2. The Morgan fingerprint density at radius 2 is 2.07 bits per heavy atom. The second-order valence-corrected chi connectivity index (χ2v) is 4.47. The molecule has 3 nitrogen and oxygen atoms in total. The van der Waals surface area contributed by atoms with Gasteiger partial charge < -0.3 is 5.73 Å². The highest BCUT2D eigenvalue weighted by Crippen LogP contribution is 2.27. The normalized spacial score (nSPS) is 10.6. The number of halogens is 4. The highest BCUT2D eigenvalue weighted by molar-refractivity contribution is 14.1. The van der Waals surface area contributed by atoms with Gasteiger partial charge in [-0.15, -0.1) is 0 Å². The molecule has 2 N–H and O–H groups in total. The van der Waals surface area contributed by atoms with Crippen LogP contribution in [0.3, 0.4) is 0 Å². The number of carbonyl (C=O) groups is 1. The van der Waals surface area contributed by atoms with Crippen molar-refractivity contribution in [2.75, 3.05) is 0 Å². The minimum atomic E-state index is -2.63. The minimum absolute atomic E-state index is 0.134. The van der Waals surface area contributed by atoms with Crippen molar-refractivity contribution in [3.63, 3.8) is 0 Å². The van der Waals surface area contributed by atoms with Gasteiger partial charge in [0.15, 0.2) is 0 Å². The lowest BCUT2D eigenvalue weighted by Crippen LogP contribution is -2.15. The topological polar surface area (TPSA) is 56.0 Å². The molecule has 1 amide bonds. The summed E-state index contributed by atoms with van der Waals surface area (Å²) in [5, 5.41) is 0. The molecule has 1 aromatic heterocycles. The van der Waals surface area contributed by atoms with Gasteiger partial charge in [0.1, 0.15) is 9.39 Å². The number of pyridine rings is 1. The van der Waals surface area contributed by atoms with E-state index in [1.165, 1.54) is 0 Å². The van der Waals surface area contributed by atoms with E-state index in [0.717, 1.165) is 6.07 Å². The Morgan fingerprint density at radius 1 is 1.50 bits per heavy atom. The number of nitrogens with two attached hydrogens (primary N) is 1. The molecule has 76 valence electrons. The van der Waals surface area contributed by atoms with E-state index in [1.807, 2.05) is 0 Å². The van der Waals surface area contributed by atoms with Crippen LogP contribution in [-0.2, 0) is 0 Å². The van der Waals surface area contributed by atoms with Gasteiger partial charge in [0.2, 0.25) is 0 Å². The highest BCUT2D eigenvalue weighted by atomic mass is 127. The molecule has 0 bridgehead atoms. The van der Waals surface area contributed by atoms with Crippen molar-refractivity contribution in [2.24, 2.45) is 5.73 Å². The van der Waals surface area contributed by atoms with Crippen LogP contribution in [0, 0.1) is 7.27 Å². The zero-order chi connectivity index (χ0) is 10.9. The lowest BCUT2D eigenvalue weighted by molar-refractivity contribution is 0.0994. The van der Waals surface area contributed by atoms with Gasteiger partial charge in [-0.05, 0) is 51.2 Å². The summed E-state index contributed by atoms with van der Waals surface area (Å²) in [5.74, 6) is -0.804. The van der Waals surface area contributed by atoms with Gasteiger partial charge in [0.05, 0.1) is 3.57 Å². The second kappa shape index (κ2) is 4.64. The van der Waals surface area contributed by atoms with Crippen molar-refractivity contribution in [3.8, 4) is 0 Å². The summed E-state index contributed by atoms with van der Waals surface area (Å²) in [6.45, 7) is 0. The summed E-state index contributed by atoms with van der Waals surface area (Å²) >= 11 is 3.54. The smallest absolute Gasteiger partial charge is 0.267 e. The highest BCUT2D eigenvalue weighted by Gasteiger charge is 2.17. The molecule has 1 heterocycles. The fraction of sp³-hybridized carbons (Fsp3) is 0.143. The summed E-state index contributed by atoms with van der Waals surface area (Å²) in [6, 6.07) is 1.02. The maximum Gasteiger partial charge on any atom is 0.267 e. The Kier molecular flexibility index (Phi) is 3.98. The lowest BCUT2D eigenvalue weighted by Gasteiger charge is -2.06. The third-order valence-corrected chi connectivity index (χ3v) is 4.38. The molecule has 0 saturated carbocycles. The van der Waals surface area contributed by atoms with Crippen molar-refractivity contribution < 1.29 is 13.6 Å². The van der Waals surface area contributed by atoms with Crippen LogP contribution in [0.1, 0.15) is 22.5 Å². The zero-order valence-corrected chi connectivity index (χ0v) is 10.9. The molecular formula is C7H4F2I2N2O. The van der Waals surface area contributed by atoms with Crippen LogP contribution in [0.2, 0.25) is 0 Å². The molecule has 0 fully saturated rings. The number of aromatic nitrogens is 1. The van der Waals surface area contributed by atoms with Crippen LogP contribution < -0.4 is 5.73 Å². The SMILES string of the molecule is NC(=O)c1cc(C(F)F)c(I)c(I)n1. The second-order valence-electron chi connectivity index (χ2n) is 2.37. The van der Waals surface area contributed by atoms with Crippen molar-refractivity contribution >= 4 is 51.1 Å². The summed E-state index contributed by atoms with van der Waals surface area (Å²) in [7, 11) is 0. The molecule has 0 saturated heterocycles. The van der Waals surface area contributed by atoms with E-state index in [2.05, 4.69) is 4.98 Å². The average molecular weight is 424 g/mol. The summed E-state index contributed by atoms with van der Waals surface area (Å²) in [6.07, 6.45) is -2.63. The van der Waals surface area contributed by atoms with Gasteiger partial charge in [-0.25, -0.2) is 13.8 Å². The summed E-state index contributed by atoms with van der Waals surface area (Å²) in [4.78, 5) is 14.5. The van der Waals surface area contributed by atoms with Crippen molar-refractivity contribution in [2.45, 2.75) is 6.43 Å². The molecule has 1 rings (SSSR count). The maximum atomic E-state index is 12.5. The minimum Gasteiger partial charge on any atom is -0.364 e. The van der Waals surface area contributed by atoms with Crippen LogP contribution in [0.4, 0.5) is 8.78 Å². The Morgan fingerprint density at radius 3 is 2.50 bits per heavy atom. The molecule has 0 atom stereocenters. The van der Waals surface area contributed by atoms with Crippen LogP contribution in [0.15, 0.2) is 6.07 Å². The number of rotatable bonds is 2. The van der Waals surface area contributed by atoms with Gasteiger partial charge >= 0.3 is 0 Å². The number of hydrogen-bond acceptors (Lipinski definition) is 2. The number of carbonyl (C=O) groups excluding carboxylic acids is 1. The number of nitrogens with zero attached hydrogens (tertiary/aromatic N) is 1. The average Bonchev–Trinajstić information content (AvgIpc) is 2.08. The molecule has 0 aromatic carbocycles. The van der Waals surface area contributed by atoms with Gasteiger partial charge in [-0.1, -0.05) is 0 Å². The van der Waals surface area contributed by atoms with E-state index < -0.39 is 12.3 Å². The van der Waals surface area contributed by atoms with E-state index in [-0.39, 0.29) is 11.3 Å². The number of alkyl halides is 2. The van der Waals surface area contributed by atoms with Gasteiger partial charge in [-0.2, -0.15) is 0 Å². The monoisotopic (exact) mass is 424 g/mol. The van der Waals surface area contributed by atoms with Crippen LogP contribution in [-0.4, -0.2) is 10.9 Å². The van der Waals surface area contributed by atoms with Gasteiger partial charge in [0.25, 0.3) is 12.3 Å². The molecule has 0 aliphatic heterocycles. The Labute approximate surface area is 106 Å². The fourth-order valence-corrected chi connectivity index (χ4v) is 1.88. The van der Waals surface area contributed by atoms with Gasteiger partial charge in [-0.3, -0.25) is 4.79 Å². The number of primary amides is 1. The predicted octanol–water partition coefficient (Wildman–Crippen LogP) is 2.33. The molecule has 0 aliphatic rings. The van der Waals surface area contributed by atoms with E-state index in [1.54, 1.807) is 45.2 Å². The molecule has 14 heavy (non-hydrogen) atoms. The first kappa shape index (κ1) is 12.0. The van der Waals surface area contributed by atoms with Crippen LogP contribution in [0.25, 0.3) is 0 Å². The molecular weight excluding hydrogens is 420 g/mol. The standard InChI is InChI=1S/C7H4F2I2N2O/c8-5(9)2-1-3(7(12)14)13-6(11)4(2)10/h1,5H,(H2,12,14). The molecule has 0 spiro atoms. The molecule has 1 aromatic rings. The Hall–Kier alpha value is -0.0600. The number of amides is 1. The van der Waals surface area contributed by atoms with E-state index in [4.69, 9.17) is 5.73 Å². The largest absolute Gasteiger partial charge is 0.364 e. The first-order valence-corrected chi connectivity index (χ1v) is 5.53. The first-order chi connectivity index (χ1) is 6.43. The molecule has 0 radical (unpaired) electrons. The Balaban J connectivity index is 3.35. The summed E-state index contributed by atoms with van der Waals surface area (Å²) in [5.41, 5.74) is 4.61. The molecule has 0 unspecified atom stereocenters. The fourth-order valence-electron chi connectivity index (χ4n) is 0.802. The van der Waals surface area contributed by atoms with Crippen molar-refractivity contribution in [3.05, 3.63) is 24.6 Å². The van der Waals surface area contributed by atoms with Crippen LogP contribution in [0.5, 0.6) is 0 Å². The van der Waals surface area contributed by atoms with Crippen LogP contribution >= 0.6 is 45.2 Å².